The second kappa shape index (κ2) is 4.89. The third-order valence-electron chi connectivity index (χ3n) is 3.41. The first-order chi connectivity index (χ1) is 9.63. The van der Waals surface area contributed by atoms with E-state index < -0.39 is 6.10 Å². The van der Waals surface area contributed by atoms with Crippen molar-refractivity contribution in [1.29, 1.82) is 0 Å². The number of phenols is 1. The standard InChI is InChI=1S/C16H15NO3/c1-10-8-12(18)6-7-13(10)17-16(19)15-9-11-4-2-3-5-14(11)20-15/h2-8,15,18H,9H2,1H3,(H,17,19). The van der Waals surface area contributed by atoms with Crippen molar-refractivity contribution >= 4 is 11.6 Å². The quantitative estimate of drug-likeness (QED) is 0.824. The number of nitrogens with one attached hydrogen (secondary N) is 1. The normalized spacial score (nSPS) is 16.4. The third-order valence-corrected chi connectivity index (χ3v) is 3.41. The Morgan fingerprint density at radius 2 is 2.10 bits per heavy atom. The summed E-state index contributed by atoms with van der Waals surface area (Å²) >= 11 is 0. The zero-order chi connectivity index (χ0) is 14.1. The van der Waals surface area contributed by atoms with Gasteiger partial charge in [0.2, 0.25) is 0 Å². The fraction of sp³-hybridized carbons (Fsp3) is 0.188. The molecule has 4 nitrogen and oxygen atoms in total. The van der Waals surface area contributed by atoms with Crippen LogP contribution < -0.4 is 10.1 Å². The average Bonchev–Trinajstić information content (AvgIpc) is 2.86. The second-order valence-electron chi connectivity index (χ2n) is 4.91. The van der Waals surface area contributed by atoms with Gasteiger partial charge in [-0.15, -0.1) is 0 Å². The number of fused-ring (bicyclic) bond motifs is 1. The number of amides is 1. The minimum Gasteiger partial charge on any atom is -0.508 e. The Bertz CT molecular complexity index is 642. The first kappa shape index (κ1) is 12.5. The minimum absolute atomic E-state index is 0.171. The summed E-state index contributed by atoms with van der Waals surface area (Å²) < 4.78 is 5.64. The van der Waals surface area contributed by atoms with Crippen LogP contribution in [-0.2, 0) is 11.2 Å². The molecule has 0 saturated carbocycles. The summed E-state index contributed by atoms with van der Waals surface area (Å²) in [5.74, 6) is 0.787. The lowest BCUT2D eigenvalue weighted by Crippen LogP contribution is -2.31. The summed E-state index contributed by atoms with van der Waals surface area (Å²) in [6, 6.07) is 12.5. The first-order valence-electron chi connectivity index (χ1n) is 6.48. The highest BCUT2D eigenvalue weighted by molar-refractivity contribution is 5.95. The molecule has 0 bridgehead atoms. The molecule has 2 aromatic rings. The van der Waals surface area contributed by atoms with Gasteiger partial charge < -0.3 is 15.2 Å². The van der Waals surface area contributed by atoms with Crippen molar-refractivity contribution in [1.82, 2.24) is 0 Å². The molecular weight excluding hydrogens is 254 g/mol. The molecule has 102 valence electrons. The smallest absolute Gasteiger partial charge is 0.265 e. The molecule has 2 N–H and O–H groups in total. The van der Waals surface area contributed by atoms with Gasteiger partial charge in [-0.3, -0.25) is 4.79 Å². The number of hydrogen-bond donors (Lipinski definition) is 2. The maximum absolute atomic E-state index is 12.2. The lowest BCUT2D eigenvalue weighted by atomic mass is 10.1. The number of carbonyl (C=O) groups is 1. The van der Waals surface area contributed by atoms with Crippen molar-refractivity contribution < 1.29 is 14.6 Å². The van der Waals surface area contributed by atoms with Crippen LogP contribution in [0.5, 0.6) is 11.5 Å². The highest BCUT2D eigenvalue weighted by Crippen LogP contribution is 2.29. The average molecular weight is 269 g/mol. The Balaban J connectivity index is 1.72. The van der Waals surface area contributed by atoms with Crippen LogP contribution in [0.2, 0.25) is 0 Å². The van der Waals surface area contributed by atoms with Gasteiger partial charge in [0.25, 0.3) is 5.91 Å². The Morgan fingerprint density at radius 3 is 2.85 bits per heavy atom. The van der Waals surface area contributed by atoms with E-state index >= 15 is 0 Å². The topological polar surface area (TPSA) is 58.6 Å². The van der Waals surface area contributed by atoms with Crippen LogP contribution in [0.3, 0.4) is 0 Å². The van der Waals surface area contributed by atoms with Crippen LogP contribution in [-0.4, -0.2) is 17.1 Å². The number of para-hydroxylation sites is 1. The molecule has 1 unspecified atom stereocenters. The van der Waals surface area contributed by atoms with Crippen LogP contribution in [0.4, 0.5) is 5.69 Å². The molecule has 0 spiro atoms. The zero-order valence-electron chi connectivity index (χ0n) is 11.1. The van der Waals surface area contributed by atoms with Crippen LogP contribution >= 0.6 is 0 Å². The molecule has 0 saturated heterocycles. The number of benzene rings is 2. The van der Waals surface area contributed by atoms with E-state index in [0.29, 0.717) is 12.1 Å². The van der Waals surface area contributed by atoms with E-state index in [4.69, 9.17) is 4.74 Å². The fourth-order valence-corrected chi connectivity index (χ4v) is 2.33. The predicted octanol–water partition coefficient (Wildman–Crippen LogP) is 2.64. The Kier molecular flexibility index (Phi) is 3.06. The van der Waals surface area contributed by atoms with Gasteiger partial charge in [0.15, 0.2) is 6.10 Å². The largest absolute Gasteiger partial charge is 0.508 e. The lowest BCUT2D eigenvalue weighted by molar-refractivity contribution is -0.122. The number of aryl methyl sites for hydroxylation is 1. The van der Waals surface area contributed by atoms with Gasteiger partial charge in [0.05, 0.1) is 0 Å². The molecule has 1 aliphatic rings. The van der Waals surface area contributed by atoms with E-state index in [1.807, 2.05) is 31.2 Å². The highest BCUT2D eigenvalue weighted by Gasteiger charge is 2.28. The summed E-state index contributed by atoms with van der Waals surface area (Å²) in [5, 5.41) is 12.2. The van der Waals surface area contributed by atoms with E-state index in [2.05, 4.69) is 5.32 Å². The Labute approximate surface area is 117 Å². The van der Waals surface area contributed by atoms with Crippen molar-refractivity contribution in [2.24, 2.45) is 0 Å². The molecule has 1 aliphatic heterocycles. The van der Waals surface area contributed by atoms with E-state index in [0.717, 1.165) is 16.9 Å². The minimum atomic E-state index is -0.499. The molecule has 0 radical (unpaired) electrons. The lowest BCUT2D eigenvalue weighted by Gasteiger charge is -2.13. The van der Waals surface area contributed by atoms with Crippen LogP contribution in [0.1, 0.15) is 11.1 Å². The van der Waals surface area contributed by atoms with E-state index in [9.17, 15) is 9.90 Å². The zero-order valence-corrected chi connectivity index (χ0v) is 11.1. The molecule has 0 aliphatic carbocycles. The Hall–Kier alpha value is -2.49. The van der Waals surface area contributed by atoms with Crippen molar-refractivity contribution in [3.63, 3.8) is 0 Å². The van der Waals surface area contributed by atoms with Crippen molar-refractivity contribution in [2.45, 2.75) is 19.4 Å². The molecule has 1 amide bonds. The summed E-state index contributed by atoms with van der Waals surface area (Å²) in [7, 11) is 0. The third kappa shape index (κ3) is 2.32. The molecule has 20 heavy (non-hydrogen) atoms. The monoisotopic (exact) mass is 269 g/mol. The number of rotatable bonds is 2. The number of hydrogen-bond acceptors (Lipinski definition) is 3. The molecular formula is C16H15NO3. The van der Waals surface area contributed by atoms with Gasteiger partial charge >= 0.3 is 0 Å². The maximum Gasteiger partial charge on any atom is 0.265 e. The van der Waals surface area contributed by atoms with Gasteiger partial charge in [0, 0.05) is 12.1 Å². The van der Waals surface area contributed by atoms with E-state index in [-0.39, 0.29) is 11.7 Å². The summed E-state index contributed by atoms with van der Waals surface area (Å²) in [4.78, 5) is 12.2. The molecule has 3 rings (SSSR count). The number of ether oxygens (including phenoxy) is 1. The van der Waals surface area contributed by atoms with Crippen LogP contribution in [0.25, 0.3) is 0 Å². The molecule has 0 fully saturated rings. The molecule has 1 heterocycles. The van der Waals surface area contributed by atoms with E-state index in [1.54, 1.807) is 18.2 Å². The summed E-state index contributed by atoms with van der Waals surface area (Å²) in [5.41, 5.74) is 2.55. The van der Waals surface area contributed by atoms with Crippen LogP contribution in [0.15, 0.2) is 42.5 Å². The van der Waals surface area contributed by atoms with Gasteiger partial charge in [-0.05, 0) is 42.3 Å². The number of anilines is 1. The molecule has 1 atom stereocenters. The van der Waals surface area contributed by atoms with Crippen molar-refractivity contribution in [3.8, 4) is 11.5 Å². The van der Waals surface area contributed by atoms with Gasteiger partial charge in [-0.2, -0.15) is 0 Å². The predicted molar refractivity (Wildman–Crippen MR) is 76.0 cm³/mol. The number of carbonyl (C=O) groups excluding carboxylic acids is 1. The van der Waals surface area contributed by atoms with Gasteiger partial charge in [-0.25, -0.2) is 0 Å². The first-order valence-corrected chi connectivity index (χ1v) is 6.48. The van der Waals surface area contributed by atoms with E-state index in [1.165, 1.54) is 0 Å². The van der Waals surface area contributed by atoms with Crippen molar-refractivity contribution in [2.75, 3.05) is 5.32 Å². The molecule has 0 aromatic heterocycles. The fourth-order valence-electron chi connectivity index (χ4n) is 2.33. The SMILES string of the molecule is Cc1cc(O)ccc1NC(=O)C1Cc2ccccc2O1. The number of aromatic hydroxyl groups is 1. The van der Waals surface area contributed by atoms with Crippen molar-refractivity contribution in [3.05, 3.63) is 53.6 Å². The Morgan fingerprint density at radius 1 is 1.30 bits per heavy atom. The number of phenolic OH excluding ortho intramolecular Hbond substituents is 1. The highest BCUT2D eigenvalue weighted by atomic mass is 16.5. The summed E-state index contributed by atoms with van der Waals surface area (Å²) in [6.45, 7) is 1.83. The van der Waals surface area contributed by atoms with Gasteiger partial charge in [0.1, 0.15) is 11.5 Å². The molecule has 2 aromatic carbocycles. The second-order valence-corrected chi connectivity index (χ2v) is 4.91. The van der Waals surface area contributed by atoms with Gasteiger partial charge in [-0.1, -0.05) is 18.2 Å². The molecule has 4 heteroatoms. The summed E-state index contributed by atoms with van der Waals surface area (Å²) in [6.07, 6.45) is 0.0830. The maximum atomic E-state index is 12.2. The van der Waals surface area contributed by atoms with Crippen LogP contribution in [0, 0.1) is 6.92 Å².